The molecule has 0 saturated heterocycles. The quantitative estimate of drug-likeness (QED) is 0.706. The number of nitrogens with zero attached hydrogens (tertiary/aromatic N) is 3. The highest BCUT2D eigenvalue weighted by Crippen LogP contribution is 2.97. The van der Waals surface area contributed by atoms with Crippen LogP contribution in [-0.2, 0) is 5.41 Å². The van der Waals surface area contributed by atoms with Gasteiger partial charge in [-0.05, 0) is 47.3 Å². The molecular weight excluding hydrogens is 338 g/mol. The number of rotatable bonds is 2. The first-order valence-corrected chi connectivity index (χ1v) is 9.85. The van der Waals surface area contributed by atoms with Crippen molar-refractivity contribution in [2.75, 3.05) is 0 Å². The fourth-order valence-electron chi connectivity index (χ4n) is 8.00. The standard InChI is InChI=1S/C22H17N3O2/c26-20-23(12-9-5-2-6-10-12)21(27)25-19-14-13-15(14)22(11-7-3-1-4-8-11)16(17(19)22)18(13)24(20)25/h1-10,13-19H/t13-,14+,15?,16-,17-,18-,19-,22?/m0/s1. The highest BCUT2D eigenvalue weighted by atomic mass is 16.2. The molecule has 4 fully saturated rings. The molecule has 0 amide bonds. The average Bonchev–Trinajstić information content (AvgIpc) is 3.53. The van der Waals surface area contributed by atoms with Crippen molar-refractivity contribution in [2.24, 2.45) is 29.6 Å². The predicted octanol–water partition coefficient (Wildman–Crippen LogP) is 1.97. The molecule has 1 aromatic heterocycles. The Hall–Kier alpha value is -2.82. The van der Waals surface area contributed by atoms with Crippen LogP contribution in [0.1, 0.15) is 17.6 Å². The van der Waals surface area contributed by atoms with Crippen LogP contribution >= 0.6 is 0 Å². The molecule has 2 aliphatic heterocycles. The smallest absolute Gasteiger partial charge is 0.245 e. The first kappa shape index (κ1) is 13.4. The lowest BCUT2D eigenvalue weighted by Gasteiger charge is -2.36. The summed E-state index contributed by atoms with van der Waals surface area (Å²) in [6, 6.07) is 20.6. The second kappa shape index (κ2) is 3.75. The zero-order chi connectivity index (χ0) is 17.7. The van der Waals surface area contributed by atoms with Gasteiger partial charge in [-0.3, -0.25) is 0 Å². The van der Waals surface area contributed by atoms with E-state index in [4.69, 9.17) is 0 Å². The van der Waals surface area contributed by atoms with Gasteiger partial charge in [0.2, 0.25) is 0 Å². The van der Waals surface area contributed by atoms with Crippen LogP contribution in [0, 0.1) is 29.6 Å². The Morgan fingerprint density at radius 2 is 1.19 bits per heavy atom. The van der Waals surface area contributed by atoms with Gasteiger partial charge in [0.05, 0.1) is 17.8 Å². The molecule has 5 heteroatoms. The molecule has 8 atom stereocenters. The number of hydrogen-bond donors (Lipinski definition) is 0. The van der Waals surface area contributed by atoms with Crippen LogP contribution in [0.4, 0.5) is 0 Å². The van der Waals surface area contributed by atoms with Crippen LogP contribution in [0.2, 0.25) is 0 Å². The molecule has 4 aliphatic carbocycles. The molecule has 27 heavy (non-hydrogen) atoms. The van der Waals surface area contributed by atoms with Gasteiger partial charge in [0, 0.05) is 5.41 Å². The molecule has 0 spiro atoms. The lowest BCUT2D eigenvalue weighted by molar-refractivity contribution is 0.112. The summed E-state index contributed by atoms with van der Waals surface area (Å²) in [6.45, 7) is 0. The summed E-state index contributed by atoms with van der Waals surface area (Å²) in [5.74, 6) is 2.92. The maximum atomic E-state index is 13.3. The van der Waals surface area contributed by atoms with Gasteiger partial charge in [0.25, 0.3) is 0 Å². The van der Waals surface area contributed by atoms with E-state index in [2.05, 4.69) is 30.3 Å². The van der Waals surface area contributed by atoms with Gasteiger partial charge in [-0.2, -0.15) is 0 Å². The van der Waals surface area contributed by atoms with Crippen molar-refractivity contribution in [3.63, 3.8) is 0 Å². The van der Waals surface area contributed by atoms with Crippen molar-refractivity contribution in [3.05, 3.63) is 87.2 Å². The summed E-state index contributed by atoms with van der Waals surface area (Å²) in [4.78, 5) is 26.6. The molecular formula is C22H17N3O2. The largest absolute Gasteiger partial charge is 0.352 e. The van der Waals surface area contributed by atoms with Crippen molar-refractivity contribution < 1.29 is 0 Å². The minimum atomic E-state index is -0.153. The molecule has 2 unspecified atom stereocenters. The highest BCUT2D eigenvalue weighted by molar-refractivity contribution is 5.54. The van der Waals surface area contributed by atoms with Gasteiger partial charge in [0.15, 0.2) is 0 Å². The summed E-state index contributed by atoms with van der Waals surface area (Å²) in [7, 11) is 0. The third-order valence-corrected chi connectivity index (χ3v) is 8.45. The van der Waals surface area contributed by atoms with Crippen molar-refractivity contribution in [2.45, 2.75) is 17.5 Å². The first-order valence-electron chi connectivity index (χ1n) is 9.85. The van der Waals surface area contributed by atoms with E-state index < -0.39 is 0 Å². The molecule has 0 radical (unpaired) electrons. The molecule has 2 aromatic carbocycles. The Morgan fingerprint density at radius 1 is 0.667 bits per heavy atom. The van der Waals surface area contributed by atoms with Gasteiger partial charge in [-0.15, -0.1) is 0 Å². The maximum Gasteiger partial charge on any atom is 0.352 e. The molecule has 5 nitrogen and oxygen atoms in total. The third-order valence-electron chi connectivity index (χ3n) is 8.45. The number of aromatic nitrogens is 3. The highest BCUT2D eigenvalue weighted by Gasteiger charge is 2.97. The van der Waals surface area contributed by atoms with Crippen LogP contribution < -0.4 is 11.4 Å². The molecule has 3 aromatic rings. The van der Waals surface area contributed by atoms with Gasteiger partial charge < -0.3 is 0 Å². The second-order valence-corrected chi connectivity index (χ2v) is 8.94. The van der Waals surface area contributed by atoms with E-state index in [-0.39, 0.29) is 28.9 Å². The molecule has 0 N–H and O–H groups in total. The fraction of sp³-hybridized carbons (Fsp3) is 0.364. The monoisotopic (exact) mass is 355 g/mol. The molecule has 2 bridgehead atoms. The van der Waals surface area contributed by atoms with Crippen LogP contribution in [0.25, 0.3) is 5.69 Å². The molecule has 3 heterocycles. The van der Waals surface area contributed by atoms with Gasteiger partial charge >= 0.3 is 11.4 Å². The average molecular weight is 355 g/mol. The lowest BCUT2D eigenvalue weighted by atomic mass is 9.89. The minimum absolute atomic E-state index is 0.153. The van der Waals surface area contributed by atoms with Crippen LogP contribution in [0.15, 0.2) is 70.3 Å². The lowest BCUT2D eigenvalue weighted by Crippen LogP contribution is -2.45. The summed E-state index contributed by atoms with van der Waals surface area (Å²) in [6.07, 6.45) is 0. The van der Waals surface area contributed by atoms with Crippen LogP contribution in [0.3, 0.4) is 0 Å². The van der Waals surface area contributed by atoms with Crippen LogP contribution in [0.5, 0.6) is 0 Å². The Balaban J connectivity index is 1.38. The second-order valence-electron chi connectivity index (χ2n) is 8.94. The molecule has 6 aliphatic rings. The van der Waals surface area contributed by atoms with Crippen molar-refractivity contribution in [3.8, 4) is 5.69 Å². The first-order chi connectivity index (χ1) is 13.3. The van der Waals surface area contributed by atoms with E-state index in [1.165, 1.54) is 10.1 Å². The van der Waals surface area contributed by atoms with Crippen molar-refractivity contribution in [1.82, 2.24) is 13.9 Å². The third kappa shape index (κ3) is 1.10. The van der Waals surface area contributed by atoms with Gasteiger partial charge in [0.1, 0.15) is 0 Å². The molecule has 132 valence electrons. The minimum Gasteiger partial charge on any atom is -0.245 e. The fourth-order valence-corrected chi connectivity index (χ4v) is 8.00. The van der Waals surface area contributed by atoms with E-state index >= 15 is 0 Å². The van der Waals surface area contributed by atoms with Crippen LogP contribution in [-0.4, -0.2) is 13.9 Å². The Kier molecular flexibility index (Phi) is 1.85. The van der Waals surface area contributed by atoms with Gasteiger partial charge in [-0.1, -0.05) is 48.5 Å². The normalized spacial score (nSPS) is 42.9. The van der Waals surface area contributed by atoms with E-state index in [0.29, 0.717) is 35.3 Å². The Morgan fingerprint density at radius 3 is 1.74 bits per heavy atom. The summed E-state index contributed by atoms with van der Waals surface area (Å²) < 4.78 is 5.07. The SMILES string of the molecule is O=c1n(-c2ccccc2)c(=O)n2n1[C@H]1[C@@H]3C4[C@@H]3[C@H]2[C@@H]2[C@@H]1C42c1ccccc1. The Labute approximate surface area is 154 Å². The van der Waals surface area contributed by atoms with Crippen molar-refractivity contribution in [1.29, 1.82) is 0 Å². The predicted molar refractivity (Wildman–Crippen MR) is 97.9 cm³/mol. The number of para-hydroxylation sites is 1. The van der Waals surface area contributed by atoms with Gasteiger partial charge in [-0.25, -0.2) is 23.5 Å². The van der Waals surface area contributed by atoms with E-state index in [1.807, 2.05) is 39.7 Å². The van der Waals surface area contributed by atoms with E-state index in [1.54, 1.807) is 0 Å². The summed E-state index contributed by atoms with van der Waals surface area (Å²) in [5.41, 5.74) is 2.03. The Bertz CT molecular complexity index is 1210. The van der Waals surface area contributed by atoms with E-state index in [0.717, 1.165) is 0 Å². The molecule has 9 rings (SSSR count). The summed E-state index contributed by atoms with van der Waals surface area (Å²) >= 11 is 0. The topological polar surface area (TPSA) is 48.9 Å². The maximum absolute atomic E-state index is 13.3. The van der Waals surface area contributed by atoms with Crippen molar-refractivity contribution >= 4 is 0 Å². The molecule has 4 saturated carbocycles. The number of benzene rings is 2. The zero-order valence-electron chi connectivity index (χ0n) is 14.5. The zero-order valence-corrected chi connectivity index (χ0v) is 14.5. The van der Waals surface area contributed by atoms with E-state index in [9.17, 15) is 9.59 Å². The summed E-state index contributed by atoms with van der Waals surface area (Å²) in [5, 5.41) is 0. The number of hydrogen-bond acceptors (Lipinski definition) is 2.